The average molecular weight is 330 g/mol. The molecule has 122 valence electrons. The summed E-state index contributed by atoms with van der Waals surface area (Å²) in [7, 11) is 1.67. The highest BCUT2D eigenvalue weighted by atomic mass is 32.1. The van der Waals surface area contributed by atoms with Gasteiger partial charge in [0.05, 0.1) is 18.8 Å². The lowest BCUT2D eigenvalue weighted by atomic mass is 9.90. The first-order valence-electron chi connectivity index (χ1n) is 7.86. The van der Waals surface area contributed by atoms with Gasteiger partial charge in [-0.25, -0.2) is 9.98 Å². The number of nitrogens with zero attached hydrogens (tertiary/aromatic N) is 2. The van der Waals surface area contributed by atoms with Gasteiger partial charge in [-0.1, -0.05) is 12.1 Å². The largest absolute Gasteiger partial charge is 0.378 e. The van der Waals surface area contributed by atoms with Gasteiger partial charge in [-0.05, 0) is 42.9 Å². The summed E-state index contributed by atoms with van der Waals surface area (Å²) >= 11 is 1.58. The van der Waals surface area contributed by atoms with Crippen molar-refractivity contribution in [2.75, 3.05) is 12.4 Å². The van der Waals surface area contributed by atoms with Crippen LogP contribution in [-0.2, 0) is 30.7 Å². The van der Waals surface area contributed by atoms with Crippen LogP contribution in [0.4, 0.5) is 5.69 Å². The Bertz CT molecular complexity index is 696. The molecule has 1 aliphatic rings. The van der Waals surface area contributed by atoms with Crippen LogP contribution in [0.15, 0.2) is 28.6 Å². The number of benzene rings is 1. The number of nitrogens with one attached hydrogen (secondary N) is 1. The van der Waals surface area contributed by atoms with E-state index in [1.807, 2.05) is 5.38 Å². The Labute approximate surface area is 140 Å². The number of hydrogen-bond acceptors (Lipinski definition) is 4. The molecule has 3 N–H and O–H groups in total. The number of thiazole rings is 1. The lowest BCUT2D eigenvalue weighted by Gasteiger charge is -2.19. The molecule has 23 heavy (non-hydrogen) atoms. The minimum Gasteiger partial charge on any atom is -0.378 e. The van der Waals surface area contributed by atoms with Gasteiger partial charge in [0.2, 0.25) is 0 Å². The number of aryl methyl sites for hydroxylation is 1. The molecular weight excluding hydrogens is 308 g/mol. The second-order valence-electron chi connectivity index (χ2n) is 5.64. The molecule has 0 fully saturated rings. The molecule has 0 radical (unpaired) electrons. The molecule has 0 aliphatic heterocycles. The van der Waals surface area contributed by atoms with Crippen molar-refractivity contribution in [2.24, 2.45) is 10.7 Å². The third-order valence-corrected chi connectivity index (χ3v) is 4.81. The summed E-state index contributed by atoms with van der Waals surface area (Å²) in [4.78, 5) is 8.85. The maximum atomic E-state index is 6.04. The van der Waals surface area contributed by atoms with Gasteiger partial charge < -0.3 is 15.8 Å². The lowest BCUT2D eigenvalue weighted by molar-refractivity contribution is 0.184. The van der Waals surface area contributed by atoms with Crippen LogP contribution in [0, 0.1) is 0 Å². The van der Waals surface area contributed by atoms with Crippen LogP contribution in [0.2, 0.25) is 0 Å². The molecule has 0 amide bonds. The molecule has 1 aliphatic carbocycles. The summed E-state index contributed by atoms with van der Waals surface area (Å²) in [6.45, 7) is 1.02. The van der Waals surface area contributed by atoms with Crippen LogP contribution < -0.4 is 11.1 Å². The van der Waals surface area contributed by atoms with Gasteiger partial charge in [0, 0.05) is 18.2 Å². The summed E-state index contributed by atoms with van der Waals surface area (Å²) in [5, 5.41) is 6.21. The molecule has 0 atom stereocenters. The van der Waals surface area contributed by atoms with E-state index < -0.39 is 0 Å². The Balaban J connectivity index is 1.65. The minimum absolute atomic E-state index is 0.435. The van der Waals surface area contributed by atoms with E-state index in [0.29, 0.717) is 19.1 Å². The van der Waals surface area contributed by atoms with Crippen LogP contribution in [-0.4, -0.2) is 18.1 Å². The zero-order chi connectivity index (χ0) is 16.1. The number of rotatable bonds is 5. The van der Waals surface area contributed by atoms with Crippen LogP contribution in [0.3, 0.4) is 0 Å². The first-order valence-corrected chi connectivity index (χ1v) is 8.74. The molecule has 0 saturated heterocycles. The fourth-order valence-electron chi connectivity index (χ4n) is 2.85. The smallest absolute Gasteiger partial charge is 0.193 e. The molecule has 0 bridgehead atoms. The van der Waals surface area contributed by atoms with Crippen molar-refractivity contribution in [3.63, 3.8) is 0 Å². The molecule has 3 rings (SSSR count). The van der Waals surface area contributed by atoms with Gasteiger partial charge in [0.15, 0.2) is 5.96 Å². The molecule has 5 nitrogen and oxygen atoms in total. The second-order valence-corrected chi connectivity index (χ2v) is 6.59. The highest BCUT2D eigenvalue weighted by Gasteiger charge is 2.13. The van der Waals surface area contributed by atoms with E-state index in [0.717, 1.165) is 29.2 Å². The lowest BCUT2D eigenvalue weighted by Crippen LogP contribution is -2.24. The van der Waals surface area contributed by atoms with Crippen LogP contribution in [0.25, 0.3) is 0 Å². The predicted octanol–water partition coefficient (Wildman–Crippen LogP) is 3.10. The molecule has 1 aromatic heterocycles. The van der Waals surface area contributed by atoms with Crippen molar-refractivity contribution in [1.29, 1.82) is 0 Å². The highest BCUT2D eigenvalue weighted by molar-refractivity contribution is 7.09. The predicted molar refractivity (Wildman–Crippen MR) is 94.9 cm³/mol. The SMILES string of the molecule is COCc1nc(CN=C(N)Nc2cccc3c2CCCC3)cs1. The molecule has 1 heterocycles. The Morgan fingerprint density at radius 2 is 2.26 bits per heavy atom. The van der Waals surface area contributed by atoms with Crippen LogP contribution in [0.1, 0.15) is 34.7 Å². The van der Waals surface area contributed by atoms with Crippen molar-refractivity contribution in [1.82, 2.24) is 4.98 Å². The number of ether oxygens (including phenoxy) is 1. The number of methoxy groups -OCH3 is 1. The molecule has 0 spiro atoms. The van der Waals surface area contributed by atoms with E-state index in [2.05, 4.69) is 33.5 Å². The molecule has 2 aromatic rings. The molecular formula is C17H22N4OS. The van der Waals surface area contributed by atoms with Gasteiger partial charge in [-0.2, -0.15) is 0 Å². The Hall–Kier alpha value is -1.92. The van der Waals surface area contributed by atoms with E-state index >= 15 is 0 Å². The zero-order valence-corrected chi connectivity index (χ0v) is 14.2. The number of fused-ring (bicyclic) bond motifs is 1. The summed E-state index contributed by atoms with van der Waals surface area (Å²) in [6.07, 6.45) is 4.78. The summed E-state index contributed by atoms with van der Waals surface area (Å²) in [5.41, 5.74) is 10.9. The number of nitrogens with two attached hydrogens (primary N) is 1. The summed E-state index contributed by atoms with van der Waals surface area (Å²) in [6, 6.07) is 6.36. The first-order chi connectivity index (χ1) is 11.3. The molecule has 1 aromatic carbocycles. The van der Waals surface area contributed by atoms with E-state index in [1.54, 1.807) is 18.4 Å². The van der Waals surface area contributed by atoms with Crippen LogP contribution >= 0.6 is 11.3 Å². The summed E-state index contributed by atoms with van der Waals surface area (Å²) < 4.78 is 5.07. The number of aromatic nitrogens is 1. The van der Waals surface area contributed by atoms with Crippen molar-refractivity contribution < 1.29 is 4.74 Å². The third-order valence-electron chi connectivity index (χ3n) is 3.94. The summed E-state index contributed by atoms with van der Waals surface area (Å²) in [5.74, 6) is 0.435. The average Bonchev–Trinajstić information content (AvgIpc) is 3.01. The monoisotopic (exact) mass is 330 g/mol. The minimum atomic E-state index is 0.435. The van der Waals surface area contributed by atoms with Crippen molar-refractivity contribution in [2.45, 2.75) is 38.8 Å². The van der Waals surface area contributed by atoms with Crippen molar-refractivity contribution in [3.8, 4) is 0 Å². The Morgan fingerprint density at radius 1 is 1.39 bits per heavy atom. The van der Waals surface area contributed by atoms with E-state index in [-0.39, 0.29) is 0 Å². The molecule has 0 saturated carbocycles. The van der Waals surface area contributed by atoms with Gasteiger partial charge in [0.25, 0.3) is 0 Å². The Kier molecular flexibility index (Phi) is 5.25. The topological polar surface area (TPSA) is 72.5 Å². The van der Waals surface area contributed by atoms with E-state index in [4.69, 9.17) is 10.5 Å². The van der Waals surface area contributed by atoms with Crippen LogP contribution in [0.5, 0.6) is 0 Å². The zero-order valence-electron chi connectivity index (χ0n) is 13.3. The number of guanidine groups is 1. The molecule has 6 heteroatoms. The fourth-order valence-corrected chi connectivity index (χ4v) is 3.61. The maximum absolute atomic E-state index is 6.04. The van der Waals surface area contributed by atoms with E-state index in [9.17, 15) is 0 Å². The Morgan fingerprint density at radius 3 is 3.13 bits per heavy atom. The van der Waals surface area contributed by atoms with Gasteiger partial charge in [-0.3, -0.25) is 0 Å². The van der Waals surface area contributed by atoms with Crippen molar-refractivity contribution in [3.05, 3.63) is 45.4 Å². The standard InChI is InChI=1S/C17H22N4OS/c1-22-10-16-20-13(11-23-16)9-19-17(18)21-15-8-4-6-12-5-2-3-7-14(12)15/h4,6,8,11H,2-3,5,7,9-10H2,1H3,(H3,18,19,21). The van der Waals surface area contributed by atoms with E-state index in [1.165, 1.54) is 24.0 Å². The number of aliphatic imine (C=N–C) groups is 1. The second kappa shape index (κ2) is 7.57. The molecule has 0 unspecified atom stereocenters. The maximum Gasteiger partial charge on any atom is 0.193 e. The fraction of sp³-hybridized carbons (Fsp3) is 0.412. The third kappa shape index (κ3) is 4.09. The van der Waals surface area contributed by atoms with Gasteiger partial charge in [-0.15, -0.1) is 11.3 Å². The normalized spacial score (nSPS) is 14.6. The number of hydrogen-bond donors (Lipinski definition) is 2. The highest BCUT2D eigenvalue weighted by Crippen LogP contribution is 2.27. The van der Waals surface area contributed by atoms with Crippen molar-refractivity contribution >= 4 is 23.0 Å². The quantitative estimate of drug-likeness (QED) is 0.653. The first kappa shape index (κ1) is 16.0. The van der Waals surface area contributed by atoms with Gasteiger partial charge >= 0.3 is 0 Å². The number of anilines is 1. The van der Waals surface area contributed by atoms with Gasteiger partial charge in [0.1, 0.15) is 5.01 Å².